The zero-order valence-corrected chi connectivity index (χ0v) is 21.7. The van der Waals surface area contributed by atoms with Gasteiger partial charge in [0.05, 0.1) is 11.3 Å². The van der Waals surface area contributed by atoms with Crippen LogP contribution in [0.2, 0.25) is 0 Å². The molecule has 3 aromatic rings. The van der Waals surface area contributed by atoms with Crippen molar-refractivity contribution in [2.75, 3.05) is 49.6 Å². The lowest BCUT2D eigenvalue weighted by atomic mass is 9.98. The second kappa shape index (κ2) is 11.1. The third kappa shape index (κ3) is 5.79. The van der Waals surface area contributed by atoms with Crippen LogP contribution in [0, 0.1) is 11.6 Å². The van der Waals surface area contributed by atoms with E-state index in [-0.39, 0.29) is 11.9 Å². The largest absolute Gasteiger partial charge is 0.381 e. The van der Waals surface area contributed by atoms with Gasteiger partial charge in [0.15, 0.2) is 0 Å². The zero-order valence-electron chi connectivity index (χ0n) is 21.7. The second-order valence-electron chi connectivity index (χ2n) is 10.3. The fourth-order valence-corrected chi connectivity index (χ4v) is 5.42. The third-order valence-corrected chi connectivity index (χ3v) is 7.49. The quantitative estimate of drug-likeness (QED) is 0.393. The number of halogens is 2. The molecule has 3 heterocycles. The fraction of sp³-hybridized carbons (Fsp3) is 0.333. The van der Waals surface area contributed by atoms with Gasteiger partial charge in [0.25, 0.3) is 5.84 Å². The van der Waals surface area contributed by atoms with Gasteiger partial charge in [0.1, 0.15) is 22.9 Å². The molecule has 0 unspecified atom stereocenters. The van der Waals surface area contributed by atoms with Crippen molar-refractivity contribution in [3.8, 4) is 0 Å². The van der Waals surface area contributed by atoms with E-state index in [0.29, 0.717) is 36.6 Å². The van der Waals surface area contributed by atoms with E-state index in [2.05, 4.69) is 31.9 Å². The maximum absolute atomic E-state index is 13.6. The molecule has 2 saturated heterocycles. The SMILES string of the molecule is O=C(NC1=[NH+]c2ccc(Cc3cc(F)cc(F)c3)cc21)c1ccc(N2CCNCC2)cc1NC1CCOCC1. The zero-order chi connectivity index (χ0) is 26.8. The Morgan fingerprint density at radius 2 is 1.74 bits per heavy atom. The number of benzene rings is 3. The first-order valence-electron chi connectivity index (χ1n) is 13.5. The maximum atomic E-state index is 13.6. The van der Waals surface area contributed by atoms with Crippen molar-refractivity contribution < 1.29 is 23.3 Å². The number of hydrogen-bond donors (Lipinski definition) is 4. The molecule has 0 aromatic heterocycles. The molecule has 39 heavy (non-hydrogen) atoms. The minimum Gasteiger partial charge on any atom is -0.381 e. The molecule has 4 N–H and O–H groups in total. The molecule has 0 bridgehead atoms. The molecular formula is C30H32F2N5O2+. The Labute approximate surface area is 226 Å². The predicted octanol–water partition coefficient (Wildman–Crippen LogP) is 2.46. The third-order valence-electron chi connectivity index (χ3n) is 7.49. The van der Waals surface area contributed by atoms with Crippen LogP contribution < -0.4 is 25.8 Å². The minimum absolute atomic E-state index is 0.206. The van der Waals surface area contributed by atoms with Gasteiger partial charge >= 0.3 is 5.91 Å². The van der Waals surface area contributed by atoms with Crippen LogP contribution in [0.1, 0.15) is 39.9 Å². The van der Waals surface area contributed by atoms with Crippen molar-refractivity contribution in [1.82, 2.24) is 10.6 Å². The van der Waals surface area contributed by atoms with Gasteiger partial charge in [-0.1, -0.05) is 6.07 Å². The summed E-state index contributed by atoms with van der Waals surface area (Å²) < 4.78 is 32.8. The molecule has 202 valence electrons. The van der Waals surface area contributed by atoms with Gasteiger partial charge in [-0.25, -0.2) is 23.9 Å². The highest BCUT2D eigenvalue weighted by Crippen LogP contribution is 2.27. The number of nitrogens with one attached hydrogen (secondary N) is 4. The average Bonchev–Trinajstić information content (AvgIpc) is 2.93. The Bertz CT molecular complexity index is 1390. The van der Waals surface area contributed by atoms with E-state index in [0.717, 1.165) is 73.3 Å². The van der Waals surface area contributed by atoms with Crippen molar-refractivity contribution in [1.29, 1.82) is 0 Å². The van der Waals surface area contributed by atoms with Crippen LogP contribution in [0.3, 0.4) is 0 Å². The number of carbonyl (C=O) groups excluding carboxylic acids is 1. The summed E-state index contributed by atoms with van der Waals surface area (Å²) in [5.74, 6) is -0.779. The summed E-state index contributed by atoms with van der Waals surface area (Å²) in [6.45, 7) is 5.13. The van der Waals surface area contributed by atoms with Crippen LogP contribution in [0.15, 0.2) is 54.6 Å². The second-order valence-corrected chi connectivity index (χ2v) is 10.3. The average molecular weight is 533 g/mol. The van der Waals surface area contributed by atoms with E-state index in [1.165, 1.54) is 12.1 Å². The van der Waals surface area contributed by atoms with Crippen LogP contribution in [-0.4, -0.2) is 57.2 Å². The number of amides is 1. The molecule has 2 fully saturated rings. The first-order valence-corrected chi connectivity index (χ1v) is 13.5. The van der Waals surface area contributed by atoms with E-state index in [4.69, 9.17) is 4.74 Å². The van der Waals surface area contributed by atoms with E-state index >= 15 is 0 Å². The van der Waals surface area contributed by atoms with Crippen molar-refractivity contribution in [2.24, 2.45) is 0 Å². The van der Waals surface area contributed by atoms with E-state index in [1.807, 2.05) is 30.3 Å². The summed E-state index contributed by atoms with van der Waals surface area (Å²) in [6, 6.07) is 15.5. The highest BCUT2D eigenvalue weighted by Gasteiger charge is 2.30. The molecule has 3 aromatic carbocycles. The van der Waals surface area contributed by atoms with Crippen LogP contribution in [0.25, 0.3) is 0 Å². The normalized spacial score (nSPS) is 17.2. The number of rotatable bonds is 6. The van der Waals surface area contributed by atoms with Gasteiger partial charge in [0.2, 0.25) is 0 Å². The monoisotopic (exact) mass is 532 g/mol. The number of anilines is 2. The fourth-order valence-electron chi connectivity index (χ4n) is 5.42. The molecule has 9 heteroatoms. The number of ether oxygens (including phenoxy) is 1. The molecule has 3 aliphatic rings. The molecule has 1 amide bonds. The van der Waals surface area contributed by atoms with Crippen LogP contribution in [0.5, 0.6) is 0 Å². The molecule has 3 aliphatic heterocycles. The minimum atomic E-state index is -0.594. The summed E-state index contributed by atoms with van der Waals surface area (Å²) in [6.07, 6.45) is 2.17. The standard InChI is InChI=1S/C30H31F2N5O2/c31-21-14-20(15-22(32)17-21)13-19-1-4-27-26(16-19)29(35-27)36-30(38)25-3-2-24(37-9-7-33-8-10-37)18-28(25)34-23-5-11-39-12-6-23/h1-4,14-18,23,33-34H,5-13H2,(H,35,36,38)/p+1. The highest BCUT2D eigenvalue weighted by atomic mass is 19.1. The summed E-state index contributed by atoms with van der Waals surface area (Å²) in [5.41, 5.74) is 5.71. The smallest absolute Gasteiger partial charge is 0.341 e. The van der Waals surface area contributed by atoms with Crippen molar-refractivity contribution in [3.63, 3.8) is 0 Å². The lowest BCUT2D eigenvalue weighted by Crippen LogP contribution is -2.78. The molecular weight excluding hydrogens is 500 g/mol. The maximum Gasteiger partial charge on any atom is 0.341 e. The van der Waals surface area contributed by atoms with E-state index in [9.17, 15) is 13.6 Å². The summed E-state index contributed by atoms with van der Waals surface area (Å²) in [4.78, 5) is 19.1. The lowest BCUT2D eigenvalue weighted by Gasteiger charge is -2.31. The van der Waals surface area contributed by atoms with Crippen molar-refractivity contribution in [2.45, 2.75) is 25.3 Å². The molecule has 6 rings (SSSR count). The van der Waals surface area contributed by atoms with Crippen molar-refractivity contribution >= 4 is 28.8 Å². The predicted molar refractivity (Wildman–Crippen MR) is 147 cm³/mol. The van der Waals surface area contributed by atoms with Gasteiger partial charge in [-0.15, -0.1) is 0 Å². The summed E-state index contributed by atoms with van der Waals surface area (Å²) in [5, 5.41) is 10.0. The number of piperazine rings is 1. The van der Waals surface area contributed by atoms with Crippen molar-refractivity contribution in [3.05, 3.63) is 88.5 Å². The number of carbonyl (C=O) groups is 1. The number of amidine groups is 1. The van der Waals surface area contributed by atoms with Gasteiger partial charge in [0, 0.05) is 57.2 Å². The van der Waals surface area contributed by atoms with Crippen LogP contribution >= 0.6 is 0 Å². The van der Waals surface area contributed by atoms with Gasteiger partial charge in [-0.05, 0) is 72.9 Å². The molecule has 0 atom stereocenters. The molecule has 0 spiro atoms. The summed E-state index contributed by atoms with van der Waals surface area (Å²) in [7, 11) is 0. The Morgan fingerprint density at radius 1 is 0.974 bits per heavy atom. The highest BCUT2D eigenvalue weighted by molar-refractivity contribution is 6.16. The van der Waals surface area contributed by atoms with Gasteiger partial charge < -0.3 is 20.3 Å². The molecule has 7 nitrogen and oxygen atoms in total. The van der Waals surface area contributed by atoms with Gasteiger partial charge in [-0.2, -0.15) is 0 Å². The van der Waals surface area contributed by atoms with E-state index in [1.54, 1.807) is 0 Å². The first kappa shape index (κ1) is 25.5. The Kier molecular flexibility index (Phi) is 7.26. The Balaban J connectivity index is 1.20. The topological polar surface area (TPSA) is 79.6 Å². The molecule has 0 radical (unpaired) electrons. The van der Waals surface area contributed by atoms with Crippen LogP contribution in [-0.2, 0) is 11.2 Å². The number of fused-ring (bicyclic) bond motifs is 1. The summed E-state index contributed by atoms with van der Waals surface area (Å²) >= 11 is 0. The Morgan fingerprint density at radius 3 is 2.51 bits per heavy atom. The molecule has 0 saturated carbocycles. The molecule has 0 aliphatic carbocycles. The lowest BCUT2D eigenvalue weighted by molar-refractivity contribution is -0.370. The Hall–Kier alpha value is -3.82. The van der Waals surface area contributed by atoms with Gasteiger partial charge in [-0.3, -0.25) is 0 Å². The van der Waals surface area contributed by atoms with Crippen LogP contribution in [0.4, 0.5) is 25.8 Å². The number of nitrogens with zero attached hydrogens (tertiary/aromatic N) is 1. The van der Waals surface area contributed by atoms with E-state index < -0.39 is 11.6 Å². The first-order chi connectivity index (χ1) is 19.0. The number of hydrogen-bond acceptors (Lipinski definition) is 5.